The Morgan fingerprint density at radius 1 is 1.21 bits per heavy atom. The predicted molar refractivity (Wildman–Crippen MR) is 87.6 cm³/mol. The Morgan fingerprint density at radius 3 is 2.38 bits per heavy atom. The Balaban J connectivity index is 2.23. The molecule has 6 nitrogen and oxygen atoms in total. The molecule has 1 fully saturated rings. The summed E-state index contributed by atoms with van der Waals surface area (Å²) in [6, 6.07) is 12.3. The minimum atomic E-state index is -1.54. The Bertz CT molecular complexity index is 785. The van der Waals surface area contributed by atoms with Crippen molar-refractivity contribution in [2.45, 2.75) is 32.6 Å². The number of ether oxygens (including phenoxy) is 2. The number of nitriles is 2. The molecule has 0 bridgehead atoms. The lowest BCUT2D eigenvalue weighted by Gasteiger charge is -2.31. The topological polar surface area (TPSA) is 104 Å². The second-order valence-corrected chi connectivity index (χ2v) is 6.13. The molecule has 2 N–H and O–H groups in total. The molecule has 0 saturated heterocycles. The van der Waals surface area contributed by atoms with Crippen LogP contribution >= 0.6 is 0 Å². The summed E-state index contributed by atoms with van der Waals surface area (Å²) in [6.07, 6.45) is 0. The van der Waals surface area contributed by atoms with Crippen LogP contribution in [0.4, 0.5) is 0 Å². The lowest BCUT2D eigenvalue weighted by Crippen LogP contribution is -2.43. The summed E-state index contributed by atoms with van der Waals surface area (Å²) in [5.41, 5.74) is 5.57. The molecular weight excluding hydrogens is 304 g/mol. The molecule has 24 heavy (non-hydrogen) atoms. The van der Waals surface area contributed by atoms with E-state index in [-0.39, 0.29) is 5.84 Å². The zero-order valence-electron chi connectivity index (χ0n) is 14.0. The maximum Gasteiger partial charge on any atom is 0.293 e. The number of nitrogens with zero attached hydrogens (tertiary/aromatic N) is 3. The molecule has 6 heteroatoms. The van der Waals surface area contributed by atoms with Crippen molar-refractivity contribution in [3.8, 4) is 12.1 Å². The molecule has 0 radical (unpaired) electrons. The average Bonchev–Trinajstić information content (AvgIpc) is 3.14. The molecule has 1 aromatic carbocycles. The summed E-state index contributed by atoms with van der Waals surface area (Å²) in [4.78, 5) is 4.32. The summed E-state index contributed by atoms with van der Waals surface area (Å²) < 4.78 is 11.6. The lowest BCUT2D eigenvalue weighted by molar-refractivity contribution is -0.255. The number of rotatable bonds is 5. The van der Waals surface area contributed by atoms with E-state index >= 15 is 0 Å². The third kappa shape index (κ3) is 1.62. The number of nitrogens with two attached hydrogens (primary N) is 1. The molecule has 0 spiro atoms. The summed E-state index contributed by atoms with van der Waals surface area (Å²) in [5, 5.41) is 20.0. The highest BCUT2D eigenvalue weighted by Gasteiger charge is 2.93. The van der Waals surface area contributed by atoms with Crippen LogP contribution in [0.3, 0.4) is 0 Å². The van der Waals surface area contributed by atoms with Gasteiger partial charge in [0.2, 0.25) is 0 Å². The molecule has 1 saturated carbocycles. The van der Waals surface area contributed by atoms with E-state index in [4.69, 9.17) is 15.2 Å². The largest absolute Gasteiger partial charge is 0.386 e. The van der Waals surface area contributed by atoms with Gasteiger partial charge in [-0.2, -0.15) is 10.5 Å². The lowest BCUT2D eigenvalue weighted by atomic mass is 9.93. The fraction of sp³-hybridized carbons (Fsp3) is 0.500. The van der Waals surface area contributed by atoms with E-state index in [1.54, 1.807) is 13.8 Å². The van der Waals surface area contributed by atoms with Crippen LogP contribution < -0.4 is 5.73 Å². The summed E-state index contributed by atoms with van der Waals surface area (Å²) in [6.45, 7) is 6.15. The Hall–Kier alpha value is -2.41. The van der Waals surface area contributed by atoms with Crippen LogP contribution in [0.25, 0.3) is 0 Å². The Morgan fingerprint density at radius 2 is 1.88 bits per heavy atom. The highest BCUT2D eigenvalue weighted by molar-refractivity contribution is 6.00. The fourth-order valence-corrected chi connectivity index (χ4v) is 4.10. The molecular formula is C18H20N4O2. The van der Waals surface area contributed by atoms with Gasteiger partial charge in [-0.25, -0.2) is 4.99 Å². The van der Waals surface area contributed by atoms with E-state index in [0.717, 1.165) is 11.1 Å². The molecule has 0 unspecified atom stereocenters. The number of aryl methyl sites for hydroxylation is 1. The van der Waals surface area contributed by atoms with Gasteiger partial charge in [0.1, 0.15) is 11.3 Å². The van der Waals surface area contributed by atoms with Gasteiger partial charge in [0.25, 0.3) is 5.91 Å². The smallest absolute Gasteiger partial charge is 0.293 e. The van der Waals surface area contributed by atoms with Crippen molar-refractivity contribution in [1.29, 1.82) is 10.5 Å². The molecule has 3 atom stereocenters. The van der Waals surface area contributed by atoms with Gasteiger partial charge in [-0.15, -0.1) is 0 Å². The number of hydrogen-bond acceptors (Lipinski definition) is 6. The monoisotopic (exact) mass is 324 g/mol. The van der Waals surface area contributed by atoms with E-state index in [0.29, 0.717) is 13.2 Å². The third-order valence-electron chi connectivity index (χ3n) is 4.98. The third-order valence-corrected chi connectivity index (χ3v) is 4.98. The number of fused-ring (bicyclic) bond motifs is 1. The van der Waals surface area contributed by atoms with Crippen LogP contribution in [-0.2, 0) is 9.47 Å². The molecule has 2 aliphatic rings. The van der Waals surface area contributed by atoms with Gasteiger partial charge in [-0.1, -0.05) is 29.8 Å². The molecule has 124 valence electrons. The quantitative estimate of drug-likeness (QED) is 0.836. The molecule has 1 aliphatic heterocycles. The normalized spacial score (nSPS) is 32.4. The van der Waals surface area contributed by atoms with E-state index in [9.17, 15) is 10.5 Å². The first-order valence-corrected chi connectivity index (χ1v) is 8.02. The van der Waals surface area contributed by atoms with Gasteiger partial charge >= 0.3 is 0 Å². The van der Waals surface area contributed by atoms with Crippen LogP contribution in [0, 0.1) is 40.4 Å². The zero-order chi connectivity index (χ0) is 17.6. The van der Waals surface area contributed by atoms with Crippen molar-refractivity contribution in [3.63, 3.8) is 0 Å². The maximum absolute atomic E-state index is 10.1. The van der Waals surface area contributed by atoms with Crippen LogP contribution in [0.2, 0.25) is 0 Å². The predicted octanol–water partition coefficient (Wildman–Crippen LogP) is 2.21. The van der Waals surface area contributed by atoms with Crippen molar-refractivity contribution in [1.82, 2.24) is 0 Å². The molecule has 3 rings (SSSR count). The minimum absolute atomic E-state index is 0.111. The average molecular weight is 324 g/mol. The van der Waals surface area contributed by atoms with Gasteiger partial charge in [0.15, 0.2) is 5.41 Å². The van der Waals surface area contributed by atoms with Crippen LogP contribution in [-0.4, -0.2) is 25.0 Å². The van der Waals surface area contributed by atoms with E-state index < -0.39 is 22.7 Å². The van der Waals surface area contributed by atoms with Crippen LogP contribution in [0.1, 0.15) is 30.9 Å². The highest BCUT2D eigenvalue weighted by Crippen LogP contribution is 2.81. The van der Waals surface area contributed by atoms with E-state index in [1.807, 2.05) is 31.2 Å². The number of aliphatic imine (C=N–C) groups is 1. The second kappa shape index (κ2) is 5.31. The summed E-state index contributed by atoms with van der Waals surface area (Å²) in [5.74, 6) is -1.87. The van der Waals surface area contributed by atoms with Gasteiger partial charge in [-0.05, 0) is 26.3 Å². The molecule has 1 aliphatic carbocycles. The molecule has 1 aromatic rings. The van der Waals surface area contributed by atoms with Crippen molar-refractivity contribution in [3.05, 3.63) is 35.4 Å². The SMILES string of the molecule is CCOC1(OCC)N=C(N)[C@]2(C#N)[C@@H](c3cccc(C)c3)[C@@]12C#N. The first-order chi connectivity index (χ1) is 11.5. The first-order valence-electron chi connectivity index (χ1n) is 8.02. The molecule has 0 amide bonds. The highest BCUT2D eigenvalue weighted by atomic mass is 16.7. The van der Waals surface area contributed by atoms with Crippen molar-refractivity contribution >= 4 is 5.84 Å². The van der Waals surface area contributed by atoms with E-state index in [1.165, 1.54) is 0 Å². The van der Waals surface area contributed by atoms with E-state index in [2.05, 4.69) is 17.1 Å². The zero-order valence-corrected chi connectivity index (χ0v) is 14.0. The number of hydrogen-bond donors (Lipinski definition) is 1. The van der Waals surface area contributed by atoms with Crippen molar-refractivity contribution in [2.75, 3.05) is 13.2 Å². The molecule has 1 heterocycles. The van der Waals surface area contributed by atoms with Gasteiger partial charge in [-0.3, -0.25) is 0 Å². The van der Waals surface area contributed by atoms with Gasteiger partial charge < -0.3 is 15.2 Å². The first kappa shape index (κ1) is 16.4. The Kier molecular flexibility index (Phi) is 3.64. The maximum atomic E-state index is 10.1. The number of benzene rings is 1. The summed E-state index contributed by atoms with van der Waals surface area (Å²) >= 11 is 0. The van der Waals surface area contributed by atoms with Crippen LogP contribution in [0.5, 0.6) is 0 Å². The second-order valence-electron chi connectivity index (χ2n) is 6.13. The van der Waals surface area contributed by atoms with Crippen LogP contribution in [0.15, 0.2) is 29.3 Å². The van der Waals surface area contributed by atoms with Gasteiger partial charge in [0, 0.05) is 19.1 Å². The summed E-state index contributed by atoms with van der Waals surface area (Å²) in [7, 11) is 0. The van der Waals surface area contributed by atoms with Crippen molar-refractivity contribution in [2.24, 2.45) is 21.6 Å². The standard InChI is InChI=1S/C18H20N4O2/c1-4-23-18(24-5-2)17(11-20)14(13-8-6-7-12(3)9-13)16(17,10-19)15(21)22-18/h6-9,14H,4-5H2,1-3H3,(H2,21,22)/t14-,16+,17-/m1/s1. The van der Waals surface area contributed by atoms with Crippen molar-refractivity contribution < 1.29 is 9.47 Å². The Labute approximate surface area is 141 Å². The fourth-order valence-electron chi connectivity index (χ4n) is 4.10. The molecule has 0 aromatic heterocycles. The van der Waals surface area contributed by atoms with Gasteiger partial charge in [0.05, 0.1) is 12.1 Å². The number of amidine groups is 1. The minimum Gasteiger partial charge on any atom is -0.386 e.